The molecular weight excluding hydrogens is 230 g/mol. The molecule has 0 spiro atoms. The number of hydrogen-bond acceptors (Lipinski definition) is 1. The van der Waals surface area contributed by atoms with Crippen LogP contribution in [0.15, 0.2) is 0 Å². The molecule has 2 fully saturated rings. The van der Waals surface area contributed by atoms with E-state index in [1.54, 1.807) is 6.42 Å². The van der Waals surface area contributed by atoms with E-state index in [1.165, 1.54) is 83.7 Å². The normalized spacial score (nSPS) is 30.2. The maximum absolute atomic E-state index is 3.70. The molecule has 0 bridgehead atoms. The Morgan fingerprint density at radius 3 is 2.11 bits per heavy atom. The van der Waals surface area contributed by atoms with Gasteiger partial charge in [-0.05, 0) is 50.1 Å². The van der Waals surface area contributed by atoms with E-state index in [-0.39, 0.29) is 0 Å². The molecule has 2 unspecified atom stereocenters. The minimum atomic E-state index is 0.982. The minimum Gasteiger partial charge on any atom is -0.316 e. The Labute approximate surface area is 120 Å². The molecule has 0 saturated heterocycles. The van der Waals surface area contributed by atoms with Gasteiger partial charge in [0.15, 0.2) is 0 Å². The summed E-state index contributed by atoms with van der Waals surface area (Å²) in [5.74, 6) is 3.09. The molecule has 19 heavy (non-hydrogen) atoms. The molecule has 0 radical (unpaired) electrons. The van der Waals surface area contributed by atoms with Crippen LogP contribution in [0.2, 0.25) is 0 Å². The van der Waals surface area contributed by atoms with Crippen LogP contribution in [0.4, 0.5) is 0 Å². The van der Waals surface area contributed by atoms with Gasteiger partial charge in [0.25, 0.3) is 0 Å². The van der Waals surface area contributed by atoms with Gasteiger partial charge in [-0.3, -0.25) is 0 Å². The Morgan fingerprint density at radius 2 is 1.42 bits per heavy atom. The van der Waals surface area contributed by atoms with E-state index >= 15 is 0 Å². The fourth-order valence-corrected chi connectivity index (χ4v) is 4.36. The Bertz CT molecular complexity index is 220. The van der Waals surface area contributed by atoms with Gasteiger partial charge < -0.3 is 5.32 Å². The third kappa shape index (κ3) is 5.45. The second-order valence-electron chi connectivity index (χ2n) is 7.10. The van der Waals surface area contributed by atoms with Crippen LogP contribution in [0.25, 0.3) is 0 Å². The fraction of sp³-hybridized carbons (Fsp3) is 1.00. The molecule has 0 heterocycles. The zero-order valence-electron chi connectivity index (χ0n) is 13.1. The second kappa shape index (κ2) is 9.00. The highest BCUT2D eigenvalue weighted by Gasteiger charge is 2.26. The zero-order valence-corrected chi connectivity index (χ0v) is 13.1. The highest BCUT2D eigenvalue weighted by molar-refractivity contribution is 4.79. The fourth-order valence-electron chi connectivity index (χ4n) is 4.36. The summed E-state index contributed by atoms with van der Waals surface area (Å²) in [6.07, 6.45) is 17.9. The Kier molecular flexibility index (Phi) is 7.27. The molecule has 1 heteroatoms. The average molecular weight is 265 g/mol. The van der Waals surface area contributed by atoms with Crippen molar-refractivity contribution in [2.24, 2.45) is 17.8 Å². The lowest BCUT2D eigenvalue weighted by Crippen LogP contribution is -2.29. The van der Waals surface area contributed by atoms with Gasteiger partial charge in [-0.2, -0.15) is 0 Å². The average Bonchev–Trinajstić information content (AvgIpc) is 2.66. The van der Waals surface area contributed by atoms with Gasteiger partial charge >= 0.3 is 0 Å². The van der Waals surface area contributed by atoms with Crippen LogP contribution in [-0.2, 0) is 0 Å². The summed E-state index contributed by atoms with van der Waals surface area (Å²) >= 11 is 0. The molecule has 0 aliphatic heterocycles. The van der Waals surface area contributed by atoms with Crippen LogP contribution >= 0.6 is 0 Å². The molecular formula is C18H35N. The quantitative estimate of drug-likeness (QED) is 0.517. The van der Waals surface area contributed by atoms with Crippen molar-refractivity contribution in [2.75, 3.05) is 13.1 Å². The highest BCUT2D eigenvalue weighted by atomic mass is 14.9. The molecule has 2 aliphatic rings. The third-order valence-electron chi connectivity index (χ3n) is 5.51. The first-order valence-electron chi connectivity index (χ1n) is 9.11. The van der Waals surface area contributed by atoms with Crippen LogP contribution in [0.3, 0.4) is 0 Å². The monoisotopic (exact) mass is 265 g/mol. The van der Waals surface area contributed by atoms with Crippen molar-refractivity contribution in [2.45, 2.75) is 84.0 Å². The molecule has 1 N–H and O–H groups in total. The van der Waals surface area contributed by atoms with Gasteiger partial charge in [-0.1, -0.05) is 64.7 Å². The second-order valence-corrected chi connectivity index (χ2v) is 7.10. The van der Waals surface area contributed by atoms with E-state index < -0.39 is 0 Å². The van der Waals surface area contributed by atoms with Crippen LogP contribution in [-0.4, -0.2) is 13.1 Å². The smallest absolute Gasteiger partial charge is 0.00179 e. The van der Waals surface area contributed by atoms with E-state index in [0.29, 0.717) is 0 Å². The summed E-state index contributed by atoms with van der Waals surface area (Å²) in [5.41, 5.74) is 0. The van der Waals surface area contributed by atoms with Gasteiger partial charge in [-0.25, -0.2) is 0 Å². The Hall–Kier alpha value is -0.0400. The molecule has 0 amide bonds. The number of rotatable bonds is 6. The van der Waals surface area contributed by atoms with Gasteiger partial charge in [0.05, 0.1) is 0 Å². The summed E-state index contributed by atoms with van der Waals surface area (Å²) < 4.78 is 0. The van der Waals surface area contributed by atoms with Crippen molar-refractivity contribution in [1.82, 2.24) is 5.32 Å². The largest absolute Gasteiger partial charge is 0.316 e. The van der Waals surface area contributed by atoms with Crippen molar-refractivity contribution in [3.05, 3.63) is 0 Å². The van der Waals surface area contributed by atoms with Crippen molar-refractivity contribution >= 4 is 0 Å². The predicted molar refractivity (Wildman–Crippen MR) is 84.4 cm³/mol. The maximum atomic E-state index is 3.70. The lowest BCUT2D eigenvalue weighted by molar-refractivity contribution is 0.214. The SMILES string of the molecule is CCCNCC1CCCCCC1CC1CCCCC1. The van der Waals surface area contributed by atoms with Crippen molar-refractivity contribution in [3.8, 4) is 0 Å². The van der Waals surface area contributed by atoms with Crippen LogP contribution in [0.1, 0.15) is 84.0 Å². The van der Waals surface area contributed by atoms with Gasteiger partial charge in [0.2, 0.25) is 0 Å². The first-order valence-corrected chi connectivity index (χ1v) is 9.11. The van der Waals surface area contributed by atoms with Gasteiger partial charge in [0.1, 0.15) is 0 Å². The Balaban J connectivity index is 1.80. The van der Waals surface area contributed by atoms with E-state index in [9.17, 15) is 0 Å². The van der Waals surface area contributed by atoms with E-state index in [1.807, 2.05) is 0 Å². The molecule has 0 aromatic carbocycles. The van der Waals surface area contributed by atoms with Crippen molar-refractivity contribution < 1.29 is 0 Å². The molecule has 2 saturated carbocycles. The first kappa shape index (κ1) is 15.4. The first-order chi connectivity index (χ1) is 9.40. The van der Waals surface area contributed by atoms with Crippen molar-refractivity contribution in [1.29, 1.82) is 0 Å². The molecule has 2 aliphatic carbocycles. The van der Waals surface area contributed by atoms with Crippen LogP contribution in [0.5, 0.6) is 0 Å². The molecule has 2 atom stereocenters. The van der Waals surface area contributed by atoms with E-state index in [2.05, 4.69) is 12.2 Å². The lowest BCUT2D eigenvalue weighted by atomic mass is 9.76. The van der Waals surface area contributed by atoms with Crippen molar-refractivity contribution in [3.63, 3.8) is 0 Å². The number of nitrogens with one attached hydrogen (secondary N) is 1. The van der Waals surface area contributed by atoms with E-state index in [4.69, 9.17) is 0 Å². The molecule has 2 rings (SSSR count). The number of hydrogen-bond donors (Lipinski definition) is 1. The Morgan fingerprint density at radius 1 is 0.789 bits per heavy atom. The third-order valence-corrected chi connectivity index (χ3v) is 5.51. The summed E-state index contributed by atoms with van der Waals surface area (Å²) in [6.45, 7) is 4.79. The topological polar surface area (TPSA) is 12.0 Å². The molecule has 1 nitrogen and oxygen atoms in total. The van der Waals surface area contributed by atoms with Crippen LogP contribution < -0.4 is 5.32 Å². The zero-order chi connectivity index (χ0) is 13.3. The summed E-state index contributed by atoms with van der Waals surface area (Å²) in [7, 11) is 0. The van der Waals surface area contributed by atoms with E-state index in [0.717, 1.165) is 17.8 Å². The maximum Gasteiger partial charge on any atom is -0.00179 e. The minimum absolute atomic E-state index is 0.982. The van der Waals surface area contributed by atoms with Gasteiger partial charge in [0, 0.05) is 0 Å². The molecule has 112 valence electrons. The standard InChI is InChI=1S/C18H35N/c1-2-13-19-15-18-12-8-4-7-11-17(18)14-16-9-5-3-6-10-16/h16-19H,2-15H2,1H3. The predicted octanol–water partition coefficient (Wildman–Crippen LogP) is 5.15. The molecule has 0 aromatic heterocycles. The lowest BCUT2D eigenvalue weighted by Gasteiger charge is -2.31. The summed E-state index contributed by atoms with van der Waals surface area (Å²) in [4.78, 5) is 0. The molecule has 0 aromatic rings. The van der Waals surface area contributed by atoms with Crippen LogP contribution in [0, 0.1) is 17.8 Å². The highest BCUT2D eigenvalue weighted by Crippen LogP contribution is 2.37. The summed E-state index contributed by atoms with van der Waals surface area (Å²) in [5, 5.41) is 3.70. The summed E-state index contributed by atoms with van der Waals surface area (Å²) in [6, 6.07) is 0. The van der Waals surface area contributed by atoms with Gasteiger partial charge in [-0.15, -0.1) is 0 Å².